The third-order valence-corrected chi connectivity index (χ3v) is 7.73. The molecule has 1 saturated carbocycles. The lowest BCUT2D eigenvalue weighted by Crippen LogP contribution is -2.29. The number of hydrogen-bond acceptors (Lipinski definition) is 7. The summed E-state index contributed by atoms with van der Waals surface area (Å²) in [5, 5.41) is 15.7. The van der Waals surface area contributed by atoms with Crippen molar-refractivity contribution in [3.05, 3.63) is 40.7 Å². The maximum Gasteiger partial charge on any atom is 0.261 e. The minimum absolute atomic E-state index is 0.132. The largest absolute Gasteiger partial charge is 0.324 e. The Morgan fingerprint density at radius 1 is 1.26 bits per heavy atom. The van der Waals surface area contributed by atoms with Crippen molar-refractivity contribution >= 4 is 49.7 Å². The van der Waals surface area contributed by atoms with Gasteiger partial charge in [0.1, 0.15) is 21.3 Å². The number of fused-ring (bicyclic) bond motifs is 6. The van der Waals surface area contributed by atoms with E-state index >= 15 is 0 Å². The lowest BCUT2D eigenvalue weighted by Gasteiger charge is -2.07. The van der Waals surface area contributed by atoms with Crippen LogP contribution in [0.25, 0.3) is 37.2 Å². The Morgan fingerprint density at radius 3 is 3.06 bits per heavy atom. The number of aryl methyl sites for hydroxylation is 1. The van der Waals surface area contributed by atoms with E-state index in [0.29, 0.717) is 33.5 Å². The van der Waals surface area contributed by atoms with Crippen LogP contribution < -0.4 is 16.2 Å². The van der Waals surface area contributed by atoms with E-state index in [9.17, 15) is 9.59 Å². The Labute approximate surface area is 197 Å². The number of hydrogen-bond donors (Lipinski definition) is 3. The molecule has 2 aliphatic rings. The molecule has 7 rings (SSSR count). The second kappa shape index (κ2) is 7.47. The summed E-state index contributed by atoms with van der Waals surface area (Å²) in [6.45, 7) is 2.08. The van der Waals surface area contributed by atoms with Gasteiger partial charge in [-0.1, -0.05) is 0 Å². The number of aromatic amines is 1. The van der Waals surface area contributed by atoms with Gasteiger partial charge in [-0.05, 0) is 44.2 Å². The third-order valence-electron chi connectivity index (χ3n) is 6.60. The molecule has 5 aromatic rings. The average molecular weight is 475 g/mol. The van der Waals surface area contributed by atoms with Crippen LogP contribution in [0, 0.1) is 5.92 Å². The zero-order chi connectivity index (χ0) is 22.8. The highest BCUT2D eigenvalue weighted by Crippen LogP contribution is 2.36. The molecule has 11 heteroatoms. The highest BCUT2D eigenvalue weighted by Gasteiger charge is 2.22. The normalized spacial score (nSPS) is 15.5. The quantitative estimate of drug-likeness (QED) is 0.348. The van der Waals surface area contributed by atoms with Gasteiger partial charge in [-0.3, -0.25) is 19.3 Å². The van der Waals surface area contributed by atoms with Crippen LogP contribution in [0.3, 0.4) is 0 Å². The molecule has 34 heavy (non-hydrogen) atoms. The van der Waals surface area contributed by atoms with Crippen LogP contribution in [0.4, 0.5) is 5.69 Å². The molecule has 0 radical (unpaired) electrons. The summed E-state index contributed by atoms with van der Waals surface area (Å²) in [6.07, 6.45) is 10.1. The first-order chi connectivity index (χ1) is 16.6. The monoisotopic (exact) mass is 474 g/mol. The fraction of sp³-hybridized carbons (Fsp3) is 0.348. The fourth-order valence-electron chi connectivity index (χ4n) is 4.73. The second-order valence-corrected chi connectivity index (χ2v) is 10.1. The van der Waals surface area contributed by atoms with Gasteiger partial charge in [0.05, 0.1) is 35.0 Å². The first-order valence-electron chi connectivity index (χ1n) is 11.5. The number of carbonyl (C=O) groups excluding carboxylic acids is 1. The van der Waals surface area contributed by atoms with Crippen LogP contribution in [-0.2, 0) is 17.8 Å². The lowest BCUT2D eigenvalue weighted by molar-refractivity contribution is -0.115. The minimum atomic E-state index is -0.220. The van der Waals surface area contributed by atoms with Gasteiger partial charge in [0, 0.05) is 24.0 Å². The molecule has 6 heterocycles. The number of thiazole rings is 1. The summed E-state index contributed by atoms with van der Waals surface area (Å²) >= 11 is 1.54. The number of anilines is 1. The van der Waals surface area contributed by atoms with Crippen LogP contribution in [0.2, 0.25) is 0 Å². The van der Waals surface area contributed by atoms with Gasteiger partial charge in [0.25, 0.3) is 5.56 Å². The Morgan fingerprint density at radius 2 is 2.18 bits per heavy atom. The zero-order valence-corrected chi connectivity index (χ0v) is 19.1. The molecule has 0 bridgehead atoms. The van der Waals surface area contributed by atoms with Crippen molar-refractivity contribution in [2.75, 3.05) is 18.4 Å². The summed E-state index contributed by atoms with van der Waals surface area (Å²) in [5.41, 5.74) is 4.38. The molecule has 0 spiro atoms. The van der Waals surface area contributed by atoms with Gasteiger partial charge in [0.15, 0.2) is 0 Å². The standard InChI is InChI=1S/C23H22N8O2S/c32-18(10-24-7-12-3-4-12)27-13-6-15-20(25-8-13)21-19(22(33)28-15)23-31(29-21)11-17(34-23)14-9-26-30-5-1-2-16(14)30/h6,8-9,11-12,24H,1-5,7,10H2,(H,27,32)(H,28,33). The first-order valence-corrected chi connectivity index (χ1v) is 12.4. The Hall–Kier alpha value is -3.57. The van der Waals surface area contributed by atoms with E-state index in [2.05, 4.69) is 30.4 Å². The lowest BCUT2D eigenvalue weighted by atomic mass is 10.2. The molecule has 0 aromatic carbocycles. The highest BCUT2D eigenvalue weighted by atomic mass is 32.1. The fourth-order valence-corrected chi connectivity index (χ4v) is 5.85. The van der Waals surface area contributed by atoms with Gasteiger partial charge in [-0.2, -0.15) is 10.2 Å². The van der Waals surface area contributed by atoms with E-state index in [0.717, 1.165) is 41.2 Å². The molecule has 1 aliphatic heterocycles. The van der Waals surface area contributed by atoms with Gasteiger partial charge >= 0.3 is 0 Å². The number of aromatic nitrogens is 6. The van der Waals surface area contributed by atoms with Crippen molar-refractivity contribution in [1.82, 2.24) is 34.7 Å². The van der Waals surface area contributed by atoms with Crippen LogP contribution >= 0.6 is 11.3 Å². The number of nitrogens with zero attached hydrogens (tertiary/aromatic N) is 5. The molecule has 1 aliphatic carbocycles. The van der Waals surface area contributed by atoms with E-state index < -0.39 is 0 Å². The van der Waals surface area contributed by atoms with Gasteiger partial charge in [-0.15, -0.1) is 11.3 Å². The zero-order valence-electron chi connectivity index (χ0n) is 18.3. The predicted molar refractivity (Wildman–Crippen MR) is 130 cm³/mol. The van der Waals surface area contributed by atoms with Crippen molar-refractivity contribution in [2.45, 2.75) is 32.2 Å². The number of pyridine rings is 2. The van der Waals surface area contributed by atoms with Crippen molar-refractivity contribution in [3.63, 3.8) is 0 Å². The predicted octanol–water partition coefficient (Wildman–Crippen LogP) is 2.53. The van der Waals surface area contributed by atoms with Crippen LogP contribution in [0.15, 0.2) is 29.5 Å². The molecule has 1 amide bonds. The average Bonchev–Trinajstić information content (AvgIpc) is 3.14. The minimum Gasteiger partial charge on any atom is -0.324 e. The van der Waals surface area contributed by atoms with Gasteiger partial charge < -0.3 is 15.6 Å². The molecular weight excluding hydrogens is 452 g/mol. The van der Waals surface area contributed by atoms with E-state index in [-0.39, 0.29) is 18.0 Å². The molecule has 0 saturated heterocycles. The van der Waals surface area contributed by atoms with Crippen molar-refractivity contribution < 1.29 is 4.79 Å². The summed E-state index contributed by atoms with van der Waals surface area (Å²) in [6, 6.07) is 1.73. The first kappa shape index (κ1) is 19.9. The molecule has 172 valence electrons. The Kier molecular flexibility index (Phi) is 4.36. The van der Waals surface area contributed by atoms with Crippen molar-refractivity contribution in [1.29, 1.82) is 0 Å². The van der Waals surface area contributed by atoms with Crippen LogP contribution in [0.5, 0.6) is 0 Å². The molecule has 3 N–H and O–H groups in total. The maximum absolute atomic E-state index is 13.1. The molecule has 0 unspecified atom stereocenters. The molecular formula is C23H22N8O2S. The van der Waals surface area contributed by atoms with Gasteiger partial charge in [-0.25, -0.2) is 4.52 Å². The topological polar surface area (TPSA) is 122 Å². The smallest absolute Gasteiger partial charge is 0.261 e. The van der Waals surface area contributed by atoms with E-state index in [1.807, 2.05) is 12.4 Å². The van der Waals surface area contributed by atoms with Crippen LogP contribution in [-0.4, -0.2) is 48.4 Å². The molecule has 10 nitrogen and oxygen atoms in total. The van der Waals surface area contributed by atoms with Crippen molar-refractivity contribution in [3.8, 4) is 10.4 Å². The van der Waals surface area contributed by atoms with Gasteiger partial charge in [0.2, 0.25) is 5.91 Å². The summed E-state index contributed by atoms with van der Waals surface area (Å²) in [5.74, 6) is 0.580. The van der Waals surface area contributed by atoms with Crippen molar-refractivity contribution in [2.24, 2.45) is 5.92 Å². The molecule has 0 atom stereocenters. The number of H-pyrrole nitrogens is 1. The second-order valence-electron chi connectivity index (χ2n) is 9.10. The number of carbonyl (C=O) groups is 1. The SMILES string of the molecule is O=C(CNCC1CC1)Nc1cnc2c(c1)[nH]c(=O)c1c2nn2cc(-c3cnn4c3CCC4)sc12. The van der Waals surface area contributed by atoms with E-state index in [1.54, 1.807) is 28.1 Å². The molecule has 1 fully saturated rings. The van der Waals surface area contributed by atoms with E-state index in [1.165, 1.54) is 18.5 Å². The van der Waals surface area contributed by atoms with Crippen LogP contribution in [0.1, 0.15) is 25.0 Å². The highest BCUT2D eigenvalue weighted by molar-refractivity contribution is 7.21. The Bertz CT molecular complexity index is 1650. The third kappa shape index (κ3) is 3.23. The number of rotatable bonds is 6. The maximum atomic E-state index is 13.1. The van der Waals surface area contributed by atoms with E-state index in [4.69, 9.17) is 5.10 Å². The molecule has 5 aromatic heterocycles. The number of amides is 1. The summed E-state index contributed by atoms with van der Waals surface area (Å²) in [4.78, 5) is 34.6. The Balaban J connectivity index is 1.23. The number of nitrogens with one attached hydrogen (secondary N) is 3. The summed E-state index contributed by atoms with van der Waals surface area (Å²) in [7, 11) is 0. The summed E-state index contributed by atoms with van der Waals surface area (Å²) < 4.78 is 3.82.